The van der Waals surface area contributed by atoms with E-state index in [0.29, 0.717) is 5.41 Å². The molecule has 0 heterocycles. The van der Waals surface area contributed by atoms with Crippen LogP contribution in [-0.2, 0) is 0 Å². The molecule has 4 rings (SSSR count). The molecule has 0 N–H and O–H groups in total. The highest BCUT2D eigenvalue weighted by atomic mass is 14.7. The normalized spacial score (nSPS) is 43.4. The van der Waals surface area contributed by atoms with Gasteiger partial charge in [0.1, 0.15) is 0 Å². The Balaban J connectivity index is 1.68. The lowest BCUT2D eigenvalue weighted by Crippen LogP contribution is -2.64. The average molecular weight is 272 g/mol. The van der Waals surface area contributed by atoms with Crippen LogP contribution in [0.3, 0.4) is 0 Å². The molecular formula is C20H32. The molecular weight excluding hydrogens is 240 g/mol. The van der Waals surface area contributed by atoms with Crippen molar-refractivity contribution < 1.29 is 0 Å². The molecule has 112 valence electrons. The van der Waals surface area contributed by atoms with Crippen LogP contribution in [0.4, 0.5) is 0 Å². The second kappa shape index (κ2) is 5.04. The summed E-state index contributed by atoms with van der Waals surface area (Å²) < 4.78 is 0. The van der Waals surface area contributed by atoms with Gasteiger partial charge in [0, 0.05) is 0 Å². The van der Waals surface area contributed by atoms with Gasteiger partial charge in [-0.05, 0) is 87.9 Å². The molecule has 0 aromatic heterocycles. The molecule has 3 fully saturated rings. The summed E-state index contributed by atoms with van der Waals surface area (Å²) in [7, 11) is 0. The van der Waals surface area contributed by atoms with Crippen LogP contribution in [0, 0.1) is 35.0 Å². The number of hydrogen-bond acceptors (Lipinski definition) is 0. The maximum absolute atomic E-state index is 2.58. The number of hydrogen-bond donors (Lipinski definition) is 0. The summed E-state index contributed by atoms with van der Waals surface area (Å²) in [5.74, 6) is 4.89. The van der Waals surface area contributed by atoms with Crippen LogP contribution in [0.2, 0.25) is 0 Å². The zero-order chi connectivity index (χ0) is 14.5. The van der Waals surface area contributed by atoms with Crippen molar-refractivity contribution in [2.24, 2.45) is 35.0 Å². The van der Waals surface area contributed by atoms with E-state index in [9.17, 15) is 0 Å². The first-order valence-electron chi connectivity index (χ1n) is 8.75. The Hall–Kier alpha value is -0.520. The van der Waals surface area contributed by atoms with Gasteiger partial charge in [-0.2, -0.15) is 0 Å². The van der Waals surface area contributed by atoms with Gasteiger partial charge in [-0.25, -0.2) is 0 Å². The topological polar surface area (TPSA) is 0 Å². The predicted molar refractivity (Wildman–Crippen MR) is 87.5 cm³/mol. The van der Waals surface area contributed by atoms with E-state index in [1.54, 1.807) is 5.57 Å². The molecule has 0 aliphatic heterocycles. The smallest absolute Gasteiger partial charge is 0.0115 e. The summed E-state index contributed by atoms with van der Waals surface area (Å²) in [5.41, 5.74) is 3.88. The van der Waals surface area contributed by atoms with Crippen LogP contribution >= 0.6 is 0 Å². The largest absolute Gasteiger partial charge is 0.0859 e. The molecule has 20 heavy (non-hydrogen) atoms. The van der Waals surface area contributed by atoms with Crippen LogP contribution in [0.15, 0.2) is 23.3 Å². The second-order valence-corrected chi connectivity index (χ2v) is 8.39. The summed E-state index contributed by atoms with van der Waals surface area (Å²) in [6.45, 7) is 12.0. The van der Waals surface area contributed by atoms with E-state index in [2.05, 4.69) is 46.8 Å². The molecule has 4 aliphatic carbocycles. The third-order valence-electron chi connectivity index (χ3n) is 7.01. The average Bonchev–Trinajstić information content (AvgIpc) is 2.38. The molecule has 0 heteroatoms. The van der Waals surface area contributed by atoms with E-state index in [1.807, 2.05) is 0 Å². The van der Waals surface area contributed by atoms with Crippen molar-refractivity contribution in [1.82, 2.24) is 0 Å². The molecule has 3 saturated carbocycles. The highest BCUT2D eigenvalue weighted by Gasteiger charge is 2.65. The number of rotatable bonds is 4. The lowest BCUT2D eigenvalue weighted by molar-refractivity contribution is -0.183. The van der Waals surface area contributed by atoms with Crippen LogP contribution in [0.25, 0.3) is 0 Å². The Labute approximate surface area is 125 Å². The zero-order valence-electron chi connectivity index (χ0n) is 14.1. The van der Waals surface area contributed by atoms with Gasteiger partial charge in [-0.1, -0.05) is 37.1 Å². The summed E-state index contributed by atoms with van der Waals surface area (Å²) in [4.78, 5) is 0. The van der Waals surface area contributed by atoms with Crippen molar-refractivity contribution >= 4 is 0 Å². The van der Waals surface area contributed by atoms with Crippen LogP contribution < -0.4 is 0 Å². The van der Waals surface area contributed by atoms with Crippen LogP contribution in [0.1, 0.15) is 66.7 Å². The Bertz CT molecular complexity index is 437. The predicted octanol–water partition coefficient (Wildman–Crippen LogP) is 6.00. The Kier molecular flexibility index (Phi) is 3.63. The van der Waals surface area contributed by atoms with E-state index < -0.39 is 0 Å². The van der Waals surface area contributed by atoms with Crippen molar-refractivity contribution in [1.29, 1.82) is 0 Å². The summed E-state index contributed by atoms with van der Waals surface area (Å²) in [6, 6.07) is 0. The highest BCUT2D eigenvalue weighted by molar-refractivity contribution is 5.28. The first kappa shape index (κ1) is 14.4. The van der Waals surface area contributed by atoms with Gasteiger partial charge in [0.25, 0.3) is 0 Å². The lowest BCUT2D eigenvalue weighted by atomic mass is 9.34. The fourth-order valence-corrected chi connectivity index (χ4v) is 5.98. The Morgan fingerprint density at radius 1 is 1.45 bits per heavy atom. The summed E-state index contributed by atoms with van der Waals surface area (Å²) >= 11 is 0. The molecule has 6 atom stereocenters. The molecule has 4 aliphatic rings. The second-order valence-electron chi connectivity index (χ2n) is 8.39. The molecule has 0 spiro atoms. The standard InChI is InChI=1S/C20H32/c1-13(2)7-6-8-14(3)16-11-12-20(5)17-10-9-15(4)19(20)18(16)17/h7,9,14,16-19H,6,8,10-12H2,1-5H3. The SMILES string of the molecule is CC(C)=CCCC(C)C1CCC2(C)C3CC=C(C)C2C13. The molecule has 0 radical (unpaired) electrons. The first-order chi connectivity index (χ1) is 9.45. The van der Waals surface area contributed by atoms with E-state index in [-0.39, 0.29) is 0 Å². The third kappa shape index (κ3) is 2.02. The van der Waals surface area contributed by atoms with Gasteiger partial charge in [-0.3, -0.25) is 0 Å². The minimum atomic E-state index is 0.680. The van der Waals surface area contributed by atoms with Crippen molar-refractivity contribution in [3.8, 4) is 0 Å². The minimum Gasteiger partial charge on any atom is -0.0859 e. The molecule has 0 saturated heterocycles. The quantitative estimate of drug-likeness (QED) is 0.551. The van der Waals surface area contributed by atoms with Crippen molar-refractivity contribution in [3.05, 3.63) is 23.3 Å². The van der Waals surface area contributed by atoms with Crippen LogP contribution in [0.5, 0.6) is 0 Å². The van der Waals surface area contributed by atoms with E-state index >= 15 is 0 Å². The fraction of sp³-hybridized carbons (Fsp3) is 0.800. The minimum absolute atomic E-state index is 0.680. The number of fused-ring (bicyclic) bond motifs is 2. The first-order valence-corrected chi connectivity index (χ1v) is 8.75. The van der Waals surface area contributed by atoms with E-state index in [4.69, 9.17) is 0 Å². The van der Waals surface area contributed by atoms with E-state index in [0.717, 1.165) is 29.6 Å². The van der Waals surface area contributed by atoms with Gasteiger partial charge >= 0.3 is 0 Å². The van der Waals surface area contributed by atoms with Gasteiger partial charge in [-0.15, -0.1) is 0 Å². The Morgan fingerprint density at radius 2 is 2.20 bits per heavy atom. The monoisotopic (exact) mass is 272 g/mol. The van der Waals surface area contributed by atoms with Gasteiger partial charge < -0.3 is 0 Å². The third-order valence-corrected chi connectivity index (χ3v) is 7.01. The Morgan fingerprint density at radius 3 is 2.85 bits per heavy atom. The van der Waals surface area contributed by atoms with Gasteiger partial charge in [0.2, 0.25) is 0 Å². The molecule has 4 bridgehead atoms. The molecule has 0 aromatic rings. The summed E-state index contributed by atoms with van der Waals surface area (Å²) in [6.07, 6.45) is 12.0. The fourth-order valence-electron chi connectivity index (χ4n) is 5.98. The molecule has 0 aromatic carbocycles. The van der Waals surface area contributed by atoms with Crippen LogP contribution in [-0.4, -0.2) is 0 Å². The molecule has 6 unspecified atom stereocenters. The maximum Gasteiger partial charge on any atom is -0.0115 e. The zero-order valence-corrected chi connectivity index (χ0v) is 14.1. The highest BCUT2D eigenvalue weighted by Crippen LogP contribution is 2.72. The number of allylic oxidation sites excluding steroid dienone is 4. The van der Waals surface area contributed by atoms with E-state index in [1.165, 1.54) is 37.7 Å². The molecule has 0 amide bonds. The van der Waals surface area contributed by atoms with Crippen molar-refractivity contribution in [2.75, 3.05) is 0 Å². The van der Waals surface area contributed by atoms with Crippen molar-refractivity contribution in [3.63, 3.8) is 0 Å². The van der Waals surface area contributed by atoms with Gasteiger partial charge in [0.05, 0.1) is 0 Å². The van der Waals surface area contributed by atoms with Crippen molar-refractivity contribution in [2.45, 2.75) is 66.7 Å². The lowest BCUT2D eigenvalue weighted by Gasteiger charge is -2.70. The van der Waals surface area contributed by atoms with Gasteiger partial charge in [0.15, 0.2) is 0 Å². The molecule has 0 nitrogen and oxygen atoms in total. The summed E-state index contributed by atoms with van der Waals surface area (Å²) in [5, 5.41) is 0. The maximum atomic E-state index is 2.58.